The second-order valence-electron chi connectivity index (χ2n) is 20.5. The number of nitrogens with zero attached hydrogens (tertiary/aromatic N) is 4. The summed E-state index contributed by atoms with van der Waals surface area (Å²) in [5.41, 5.74) is 14.7. The van der Waals surface area contributed by atoms with Crippen molar-refractivity contribution in [1.29, 1.82) is 0 Å². The van der Waals surface area contributed by atoms with Crippen molar-refractivity contribution < 1.29 is 29.0 Å². The first-order valence-electron chi connectivity index (χ1n) is 24.0. The third kappa shape index (κ3) is 7.57. The highest BCUT2D eigenvalue weighted by atomic mass is 16.5. The Morgan fingerprint density at radius 1 is 0.781 bits per heavy atom. The van der Waals surface area contributed by atoms with Crippen LogP contribution in [0.4, 0.5) is 5.69 Å². The topological polar surface area (TPSA) is 129 Å². The van der Waals surface area contributed by atoms with Gasteiger partial charge in [0.1, 0.15) is 6.61 Å². The van der Waals surface area contributed by atoms with E-state index in [2.05, 4.69) is 59.5 Å². The number of methoxy groups -OCH3 is 1. The third-order valence-corrected chi connectivity index (χ3v) is 16.1. The third-order valence-electron chi connectivity index (χ3n) is 16.1. The van der Waals surface area contributed by atoms with E-state index in [1.54, 1.807) is 0 Å². The first-order valence-corrected chi connectivity index (χ1v) is 24.0. The van der Waals surface area contributed by atoms with Crippen molar-refractivity contribution in [3.8, 4) is 22.3 Å². The molecule has 0 bridgehead atoms. The average molecular weight is 863 g/mol. The number of ether oxygens (including phenoxy) is 1. The lowest BCUT2D eigenvalue weighted by molar-refractivity contribution is -0.148. The van der Waals surface area contributed by atoms with Gasteiger partial charge in [0, 0.05) is 55.4 Å². The lowest BCUT2D eigenvalue weighted by Crippen LogP contribution is -2.47. The summed E-state index contributed by atoms with van der Waals surface area (Å²) < 4.78 is 4.98. The number of hydrogen-bond donors (Lipinski definition) is 1. The predicted molar refractivity (Wildman–Crippen MR) is 249 cm³/mol. The second kappa shape index (κ2) is 17.0. The van der Waals surface area contributed by atoms with Gasteiger partial charge in [0.15, 0.2) is 5.78 Å². The average Bonchev–Trinajstić information content (AvgIpc) is 3.87. The van der Waals surface area contributed by atoms with Crippen LogP contribution in [0, 0.1) is 35.5 Å². The number of fused-ring (bicyclic) bond motifs is 5. The largest absolute Gasteiger partial charge is 0.469 e. The van der Waals surface area contributed by atoms with Gasteiger partial charge in [0.05, 0.1) is 37.2 Å². The number of benzene rings is 3. The maximum absolute atomic E-state index is 14.1. The minimum Gasteiger partial charge on any atom is -0.469 e. The molecule has 4 aliphatic heterocycles. The van der Waals surface area contributed by atoms with E-state index >= 15 is 0 Å². The molecule has 64 heavy (non-hydrogen) atoms. The Bertz CT molecular complexity index is 2500. The highest BCUT2D eigenvalue weighted by Gasteiger charge is 2.56. The van der Waals surface area contributed by atoms with Crippen molar-refractivity contribution in [1.82, 2.24) is 9.80 Å². The molecule has 0 radical (unpaired) electrons. The van der Waals surface area contributed by atoms with E-state index in [-0.39, 0.29) is 66.4 Å². The molecule has 3 aliphatic carbocycles. The maximum Gasteiger partial charge on any atom is 0.306 e. The number of amides is 2. The summed E-state index contributed by atoms with van der Waals surface area (Å²) in [6.07, 6.45) is 11.0. The van der Waals surface area contributed by atoms with Crippen LogP contribution in [0.2, 0.25) is 0 Å². The van der Waals surface area contributed by atoms with Gasteiger partial charge in [-0.05, 0) is 137 Å². The molecule has 1 N–H and O–H groups in total. The summed E-state index contributed by atoms with van der Waals surface area (Å²) in [6.45, 7) is 8.12. The zero-order valence-electron chi connectivity index (χ0n) is 38.0. The van der Waals surface area contributed by atoms with Crippen molar-refractivity contribution >= 4 is 46.3 Å². The summed E-state index contributed by atoms with van der Waals surface area (Å²) in [5.74, 6) is 0.444. The number of aliphatic hydroxyl groups is 1. The first-order chi connectivity index (χ1) is 30.9. The van der Waals surface area contributed by atoms with Crippen molar-refractivity contribution in [2.24, 2.45) is 45.5 Å². The number of carbonyl (C=O) groups is 4. The molecule has 8 atom stereocenters. The lowest BCUT2D eigenvalue weighted by Gasteiger charge is -2.32. The highest BCUT2D eigenvalue weighted by Crippen LogP contribution is 2.56. The maximum atomic E-state index is 14.1. The smallest absolute Gasteiger partial charge is 0.306 e. The molecule has 2 saturated heterocycles. The summed E-state index contributed by atoms with van der Waals surface area (Å²) in [4.78, 5) is 66.4. The minimum atomic E-state index is -0.532. The van der Waals surface area contributed by atoms with Crippen molar-refractivity contribution in [2.75, 3.05) is 20.3 Å². The van der Waals surface area contributed by atoms with Crippen LogP contribution >= 0.6 is 0 Å². The van der Waals surface area contributed by atoms with Crippen LogP contribution in [-0.4, -0.2) is 88.3 Å². The molecule has 10 heteroatoms. The van der Waals surface area contributed by atoms with Crippen molar-refractivity contribution in [2.45, 2.75) is 122 Å². The number of hydrogen-bond acceptors (Lipinski definition) is 8. The Morgan fingerprint density at radius 2 is 1.52 bits per heavy atom. The number of rotatable bonds is 14. The van der Waals surface area contributed by atoms with Gasteiger partial charge in [-0.2, -0.15) is 0 Å². The van der Waals surface area contributed by atoms with Gasteiger partial charge in [-0.25, -0.2) is 0 Å². The zero-order valence-corrected chi connectivity index (χ0v) is 38.0. The van der Waals surface area contributed by atoms with E-state index in [9.17, 15) is 24.3 Å². The molecule has 5 unspecified atom stereocenters. The molecule has 10 nitrogen and oxygen atoms in total. The van der Waals surface area contributed by atoms with Gasteiger partial charge in [0.2, 0.25) is 11.8 Å². The predicted octanol–water partition coefficient (Wildman–Crippen LogP) is 8.92. The fourth-order valence-corrected chi connectivity index (χ4v) is 12.2. The Balaban J connectivity index is 0.841. The Hall–Kier alpha value is -5.22. The number of aliphatic imine (C=N–C) groups is 2. The van der Waals surface area contributed by atoms with Gasteiger partial charge in [0.25, 0.3) is 0 Å². The number of allylic oxidation sites excluding steroid dienone is 1. The molecule has 334 valence electrons. The van der Waals surface area contributed by atoms with E-state index in [0.29, 0.717) is 30.7 Å². The quantitative estimate of drug-likeness (QED) is 0.161. The first kappa shape index (κ1) is 42.7. The fourth-order valence-electron chi connectivity index (χ4n) is 12.2. The number of piperidine rings is 1. The molecular weight excluding hydrogens is 801 g/mol. The summed E-state index contributed by atoms with van der Waals surface area (Å²) in [5, 5.41) is 9.38. The van der Waals surface area contributed by atoms with E-state index in [4.69, 9.17) is 14.7 Å². The van der Waals surface area contributed by atoms with Gasteiger partial charge < -0.3 is 19.6 Å². The number of ketones is 1. The van der Waals surface area contributed by atoms with E-state index in [0.717, 1.165) is 66.8 Å². The van der Waals surface area contributed by atoms with Gasteiger partial charge in [-0.1, -0.05) is 70.2 Å². The molecule has 2 amide bonds. The minimum absolute atomic E-state index is 0.00167. The van der Waals surface area contributed by atoms with Crippen LogP contribution < -0.4 is 0 Å². The van der Waals surface area contributed by atoms with Gasteiger partial charge >= 0.3 is 5.97 Å². The van der Waals surface area contributed by atoms with Crippen LogP contribution in [0.25, 0.3) is 27.8 Å². The van der Waals surface area contributed by atoms with Crippen LogP contribution in [-0.2, 0) is 36.8 Å². The summed E-state index contributed by atoms with van der Waals surface area (Å²) >= 11 is 0. The standard InChI is InChI=1S/C54H62N4O6/c1-29(2)42(25-38(60)28-59)53(62)57-18-6-7-48(57)46-22-37(27-55-46)31-8-10-32(11-9-31)40-16-15-39(44-20-34-12-14-41(34)52(40)44)33-13-17-45-35(19-33)21-47(56-45)50-24-36-23-49(36)58(50)54(63)43(30(3)4)26-51(61)64-5/h8-11,13,15-17,19,27,29-30,34,36,41-43,48-50,59H,6-7,12,14,18,20-26,28H2,1-5H3/t34?,36?,41?,42-,43-,48?,49?,50-/m0/s1. The van der Waals surface area contributed by atoms with Gasteiger partial charge in [-0.3, -0.25) is 29.2 Å². The molecule has 4 fully saturated rings. The van der Waals surface area contributed by atoms with Crippen LogP contribution in [0.15, 0.2) is 70.8 Å². The Morgan fingerprint density at radius 3 is 2.23 bits per heavy atom. The Labute approximate surface area is 377 Å². The van der Waals surface area contributed by atoms with Crippen LogP contribution in [0.5, 0.6) is 0 Å². The lowest BCUT2D eigenvalue weighted by atomic mass is 9.73. The van der Waals surface area contributed by atoms with E-state index in [1.165, 1.54) is 58.9 Å². The highest BCUT2D eigenvalue weighted by molar-refractivity contribution is 6.04. The monoisotopic (exact) mass is 862 g/mol. The molecule has 4 heterocycles. The SMILES string of the molecule is COC(=O)C[C@H](C(=O)N1C2CC2C[C@H]1C1=Nc2ccc(-c3ccc(-c4ccc(C5=CN=C(C6CCCN6C(=O)[C@@H](CC(=O)CO)C(C)C)C5)cc4)c4c3CC3CCC43)cc2C1)C(C)C. The normalized spacial score (nSPS) is 25.8. The molecule has 3 aromatic carbocycles. The second-order valence-corrected chi connectivity index (χ2v) is 20.5. The molecular formula is C54H62N4O6. The van der Waals surface area contributed by atoms with Crippen LogP contribution in [0.3, 0.4) is 0 Å². The van der Waals surface area contributed by atoms with E-state index in [1.807, 2.05) is 38.8 Å². The van der Waals surface area contributed by atoms with Crippen molar-refractivity contribution in [3.63, 3.8) is 0 Å². The number of likely N-dealkylation sites (tertiary alicyclic amines) is 2. The van der Waals surface area contributed by atoms with Gasteiger partial charge in [-0.15, -0.1) is 0 Å². The van der Waals surface area contributed by atoms with E-state index < -0.39 is 18.4 Å². The summed E-state index contributed by atoms with van der Waals surface area (Å²) in [6, 6.07) is 20.6. The fraction of sp³-hybridized carbons (Fsp3) is 0.519. The molecule has 7 aliphatic rings. The molecule has 10 rings (SSSR count). The summed E-state index contributed by atoms with van der Waals surface area (Å²) in [7, 11) is 1.39. The molecule has 0 aromatic heterocycles. The zero-order chi connectivity index (χ0) is 44.6. The molecule has 3 aromatic rings. The van der Waals surface area contributed by atoms with Crippen molar-refractivity contribution in [3.05, 3.63) is 83.1 Å². The number of aliphatic hydroxyl groups excluding tert-OH is 1. The number of carbonyl (C=O) groups excluding carboxylic acids is 4. The number of esters is 1. The van der Waals surface area contributed by atoms with Crippen LogP contribution in [0.1, 0.15) is 114 Å². The Kier molecular flexibility index (Phi) is 11.3. The molecule has 2 saturated carbocycles. The molecule has 0 spiro atoms. The number of Topliss-reactive ketones (excluding diaryl/α,β-unsaturated/α-hetero) is 1.